The molecule has 2 rings (SSSR count). The van der Waals surface area contributed by atoms with Crippen molar-refractivity contribution in [3.63, 3.8) is 0 Å². The van der Waals surface area contributed by atoms with Gasteiger partial charge in [-0.05, 0) is 35.0 Å². The molecule has 0 unspecified atom stereocenters. The Bertz CT molecular complexity index is 310. The molecule has 2 aliphatic heterocycles. The van der Waals surface area contributed by atoms with E-state index in [0.29, 0.717) is 0 Å². The number of halogens is 1. The maximum absolute atomic E-state index is 4.31. The zero-order chi connectivity index (χ0) is 7.84. The van der Waals surface area contributed by atoms with Crippen molar-refractivity contribution in [2.24, 2.45) is 9.98 Å². The fraction of sp³-hybridized carbons (Fsp3) is 0.250. The van der Waals surface area contributed by atoms with Crippen LogP contribution in [0.5, 0.6) is 0 Å². The van der Waals surface area contributed by atoms with Crippen LogP contribution in [0, 0.1) is 0 Å². The summed E-state index contributed by atoms with van der Waals surface area (Å²) in [5.41, 5.74) is 2.23. The number of allylic oxidation sites excluding steroid dienone is 2. The summed E-state index contributed by atoms with van der Waals surface area (Å²) in [5.74, 6) is 0. The predicted molar refractivity (Wildman–Crippen MR) is 50.5 cm³/mol. The van der Waals surface area contributed by atoms with Gasteiger partial charge in [0.05, 0.1) is 0 Å². The van der Waals surface area contributed by atoms with Gasteiger partial charge in [-0.1, -0.05) is 0 Å². The summed E-state index contributed by atoms with van der Waals surface area (Å²) < 4.78 is 1.02. The number of hydrogen-bond donors (Lipinski definition) is 0. The highest BCUT2D eigenvalue weighted by atomic mass is 79.9. The number of hydrogen-bond acceptors (Lipinski definition) is 2. The van der Waals surface area contributed by atoms with Crippen LogP contribution in [0.1, 0.15) is 6.92 Å². The third-order valence-electron chi connectivity index (χ3n) is 1.64. The molecule has 0 saturated carbocycles. The summed E-state index contributed by atoms with van der Waals surface area (Å²) in [6, 6.07) is 0. The molecule has 11 heavy (non-hydrogen) atoms. The van der Waals surface area contributed by atoms with Crippen molar-refractivity contribution in [2.45, 2.75) is 13.1 Å². The molecular weight excluding hydrogens is 204 g/mol. The molecule has 0 bridgehead atoms. The topological polar surface area (TPSA) is 24.7 Å². The van der Waals surface area contributed by atoms with Crippen LogP contribution in [0.25, 0.3) is 0 Å². The van der Waals surface area contributed by atoms with Crippen molar-refractivity contribution in [2.75, 3.05) is 0 Å². The lowest BCUT2D eigenvalue weighted by Crippen LogP contribution is -2.04. The van der Waals surface area contributed by atoms with E-state index in [1.54, 1.807) is 6.21 Å². The van der Waals surface area contributed by atoms with Crippen molar-refractivity contribution in [1.29, 1.82) is 0 Å². The molecule has 0 aliphatic carbocycles. The van der Waals surface area contributed by atoms with Crippen molar-refractivity contribution in [3.8, 4) is 0 Å². The molecule has 0 fully saturated rings. The van der Waals surface area contributed by atoms with Crippen LogP contribution in [0.3, 0.4) is 0 Å². The monoisotopic (exact) mass is 210 g/mol. The number of fused-ring (bicyclic) bond motifs is 1. The van der Waals surface area contributed by atoms with E-state index in [-0.39, 0.29) is 6.17 Å². The van der Waals surface area contributed by atoms with E-state index in [1.165, 1.54) is 5.57 Å². The molecule has 56 valence electrons. The third-order valence-corrected chi connectivity index (χ3v) is 2.08. The Labute approximate surface area is 73.6 Å². The minimum atomic E-state index is 0.0382. The SMILES string of the molecule is CC1=N[C@H]2N=CC(Br)=CC2=C1. The molecule has 2 heterocycles. The van der Waals surface area contributed by atoms with Crippen molar-refractivity contribution in [1.82, 2.24) is 0 Å². The summed E-state index contributed by atoms with van der Waals surface area (Å²) in [5, 5.41) is 0. The molecule has 2 nitrogen and oxygen atoms in total. The Kier molecular flexibility index (Phi) is 1.53. The van der Waals surface area contributed by atoms with Gasteiger partial charge in [-0.2, -0.15) is 0 Å². The number of nitrogens with zero attached hydrogens (tertiary/aromatic N) is 2. The lowest BCUT2D eigenvalue weighted by molar-refractivity contribution is 0.860. The molecule has 0 radical (unpaired) electrons. The first-order valence-electron chi connectivity index (χ1n) is 3.42. The minimum absolute atomic E-state index is 0.0382. The van der Waals surface area contributed by atoms with Crippen LogP contribution >= 0.6 is 15.9 Å². The third kappa shape index (κ3) is 1.20. The van der Waals surface area contributed by atoms with Gasteiger partial charge in [-0.25, -0.2) is 0 Å². The molecule has 0 aromatic carbocycles. The molecule has 2 aliphatic rings. The minimum Gasteiger partial charge on any atom is -0.261 e. The maximum atomic E-state index is 4.31. The van der Waals surface area contributed by atoms with Crippen molar-refractivity contribution < 1.29 is 0 Å². The molecule has 1 atom stereocenters. The molecular formula is C8H7BrN2. The van der Waals surface area contributed by atoms with Crippen LogP contribution in [-0.4, -0.2) is 18.1 Å². The van der Waals surface area contributed by atoms with E-state index in [0.717, 1.165) is 10.2 Å². The predicted octanol–water partition coefficient (Wildman–Crippen LogP) is 2.08. The van der Waals surface area contributed by atoms with E-state index >= 15 is 0 Å². The second kappa shape index (κ2) is 2.41. The van der Waals surface area contributed by atoms with Gasteiger partial charge in [0.15, 0.2) is 6.17 Å². The number of rotatable bonds is 0. The fourth-order valence-electron chi connectivity index (χ4n) is 1.19. The lowest BCUT2D eigenvalue weighted by Gasteiger charge is -2.07. The average Bonchev–Trinajstić information content (AvgIpc) is 2.27. The van der Waals surface area contributed by atoms with Crippen LogP contribution in [0.15, 0.2) is 32.2 Å². The largest absolute Gasteiger partial charge is 0.261 e. The molecule has 0 aromatic heterocycles. The van der Waals surface area contributed by atoms with Crippen LogP contribution in [-0.2, 0) is 0 Å². The van der Waals surface area contributed by atoms with E-state index in [4.69, 9.17) is 0 Å². The van der Waals surface area contributed by atoms with Gasteiger partial charge in [0.25, 0.3) is 0 Å². The molecule has 0 spiro atoms. The highest BCUT2D eigenvalue weighted by Crippen LogP contribution is 2.23. The van der Waals surface area contributed by atoms with Crippen LogP contribution in [0.2, 0.25) is 0 Å². The first kappa shape index (κ1) is 6.98. The van der Waals surface area contributed by atoms with Crippen molar-refractivity contribution in [3.05, 3.63) is 22.2 Å². The van der Waals surface area contributed by atoms with Gasteiger partial charge in [-0.3, -0.25) is 9.98 Å². The van der Waals surface area contributed by atoms with E-state index in [9.17, 15) is 0 Å². The van der Waals surface area contributed by atoms with Gasteiger partial charge < -0.3 is 0 Å². The quantitative estimate of drug-likeness (QED) is 0.586. The first-order chi connectivity index (χ1) is 5.25. The first-order valence-corrected chi connectivity index (χ1v) is 4.21. The van der Waals surface area contributed by atoms with Crippen molar-refractivity contribution >= 4 is 27.9 Å². The Hall–Kier alpha value is -0.700. The smallest absolute Gasteiger partial charge is 0.165 e. The maximum Gasteiger partial charge on any atom is 0.165 e. The normalized spacial score (nSPS) is 27.5. The Morgan fingerprint density at radius 3 is 3.09 bits per heavy atom. The summed E-state index contributed by atoms with van der Waals surface area (Å²) in [4.78, 5) is 8.53. The highest BCUT2D eigenvalue weighted by molar-refractivity contribution is 9.12. The molecule has 0 amide bonds. The van der Waals surface area contributed by atoms with E-state index < -0.39 is 0 Å². The number of dihydropyridines is 1. The Balaban J connectivity index is 2.39. The molecule has 0 saturated heterocycles. The standard InChI is InChI=1S/C8H7BrN2/c1-5-2-6-3-7(9)4-10-8(6)11-5/h2-4,8H,1H3/t8-/m1/s1. The second-order valence-corrected chi connectivity index (χ2v) is 3.51. The van der Waals surface area contributed by atoms with Gasteiger partial charge in [0, 0.05) is 22.0 Å². The molecule has 0 aromatic rings. The number of aliphatic imine (C=N–C) groups is 2. The second-order valence-electron chi connectivity index (χ2n) is 2.60. The van der Waals surface area contributed by atoms with Crippen LogP contribution < -0.4 is 0 Å². The summed E-state index contributed by atoms with van der Waals surface area (Å²) in [6.07, 6.45) is 5.95. The summed E-state index contributed by atoms with van der Waals surface area (Å²) in [6.45, 7) is 1.99. The zero-order valence-electron chi connectivity index (χ0n) is 6.08. The van der Waals surface area contributed by atoms with E-state index in [2.05, 4.69) is 38.1 Å². The zero-order valence-corrected chi connectivity index (χ0v) is 7.67. The molecule has 3 heteroatoms. The lowest BCUT2D eigenvalue weighted by atomic mass is 10.2. The average molecular weight is 211 g/mol. The molecule has 0 N–H and O–H groups in total. The summed E-state index contributed by atoms with van der Waals surface area (Å²) in [7, 11) is 0. The summed E-state index contributed by atoms with van der Waals surface area (Å²) >= 11 is 3.36. The van der Waals surface area contributed by atoms with Gasteiger partial charge in [0.1, 0.15) is 0 Å². The van der Waals surface area contributed by atoms with Gasteiger partial charge >= 0.3 is 0 Å². The van der Waals surface area contributed by atoms with Gasteiger partial charge in [0.2, 0.25) is 0 Å². The Morgan fingerprint density at radius 1 is 1.45 bits per heavy atom. The fourth-order valence-corrected chi connectivity index (χ4v) is 1.58. The van der Waals surface area contributed by atoms with E-state index in [1.807, 2.05) is 6.92 Å². The van der Waals surface area contributed by atoms with Crippen LogP contribution in [0.4, 0.5) is 0 Å². The van der Waals surface area contributed by atoms with Gasteiger partial charge in [-0.15, -0.1) is 0 Å². The Morgan fingerprint density at radius 2 is 2.27 bits per heavy atom. The highest BCUT2D eigenvalue weighted by Gasteiger charge is 2.17.